The average molecular weight is 278 g/mol. The van der Waals surface area contributed by atoms with Gasteiger partial charge in [0.05, 0.1) is 12.1 Å². The summed E-state index contributed by atoms with van der Waals surface area (Å²) in [6.45, 7) is 4.49. The second-order valence-electron chi connectivity index (χ2n) is 6.10. The van der Waals surface area contributed by atoms with Gasteiger partial charge in [-0.1, -0.05) is 33.1 Å². The molecule has 2 atom stereocenters. The number of nitrogens with zero attached hydrogens (tertiary/aromatic N) is 2. The zero-order valence-electron chi connectivity index (χ0n) is 12.5. The highest BCUT2D eigenvalue weighted by molar-refractivity contribution is 5.56. The number of aromatic nitrogens is 2. The second kappa shape index (κ2) is 6.39. The molecular weight excluding hydrogens is 252 g/mol. The molecule has 2 rings (SSSR count). The second-order valence-corrected chi connectivity index (χ2v) is 6.10. The first kappa shape index (κ1) is 15.0. The molecule has 0 aliphatic heterocycles. The van der Waals surface area contributed by atoms with Crippen LogP contribution in [-0.4, -0.2) is 27.2 Å². The molecule has 20 heavy (non-hydrogen) atoms. The maximum atomic E-state index is 9.87. The SMILES string of the molecule is CCCc1c(N)ncnc1NC1(CO)CCCC(C)C1. The number of aliphatic hydroxyl groups is 1. The molecule has 0 aromatic carbocycles. The van der Waals surface area contributed by atoms with Crippen LogP contribution in [0.2, 0.25) is 0 Å². The van der Waals surface area contributed by atoms with E-state index in [-0.39, 0.29) is 12.1 Å². The lowest BCUT2D eigenvalue weighted by Crippen LogP contribution is -2.46. The van der Waals surface area contributed by atoms with E-state index in [1.165, 1.54) is 12.7 Å². The van der Waals surface area contributed by atoms with Gasteiger partial charge in [0.25, 0.3) is 0 Å². The van der Waals surface area contributed by atoms with Gasteiger partial charge in [-0.15, -0.1) is 0 Å². The normalized spacial score (nSPS) is 26.4. The molecule has 1 aromatic rings. The number of anilines is 2. The minimum Gasteiger partial charge on any atom is -0.394 e. The van der Waals surface area contributed by atoms with Gasteiger partial charge in [-0.2, -0.15) is 0 Å². The van der Waals surface area contributed by atoms with E-state index in [9.17, 15) is 5.11 Å². The van der Waals surface area contributed by atoms with Crippen molar-refractivity contribution in [3.05, 3.63) is 11.9 Å². The lowest BCUT2D eigenvalue weighted by atomic mass is 9.76. The van der Waals surface area contributed by atoms with Crippen LogP contribution in [-0.2, 0) is 6.42 Å². The van der Waals surface area contributed by atoms with Crippen LogP contribution < -0.4 is 11.1 Å². The van der Waals surface area contributed by atoms with E-state index in [2.05, 4.69) is 29.1 Å². The number of nitrogens with two attached hydrogens (primary N) is 1. The number of nitrogens with one attached hydrogen (secondary N) is 1. The van der Waals surface area contributed by atoms with Crippen LogP contribution in [0.25, 0.3) is 0 Å². The van der Waals surface area contributed by atoms with Gasteiger partial charge < -0.3 is 16.2 Å². The molecular formula is C15H26N4O. The summed E-state index contributed by atoms with van der Waals surface area (Å²) in [5.41, 5.74) is 6.68. The fourth-order valence-electron chi connectivity index (χ4n) is 3.24. The zero-order valence-corrected chi connectivity index (χ0v) is 12.5. The Labute approximate surface area is 121 Å². The Bertz CT molecular complexity index is 451. The third kappa shape index (κ3) is 3.20. The molecule has 1 aliphatic carbocycles. The lowest BCUT2D eigenvalue weighted by Gasteiger charge is -2.40. The maximum Gasteiger partial charge on any atom is 0.135 e. The van der Waals surface area contributed by atoms with Gasteiger partial charge in [0.1, 0.15) is 18.0 Å². The Kier molecular flexibility index (Phi) is 4.81. The molecule has 4 N–H and O–H groups in total. The first-order valence-corrected chi connectivity index (χ1v) is 7.58. The van der Waals surface area contributed by atoms with Gasteiger partial charge in [-0.3, -0.25) is 0 Å². The van der Waals surface area contributed by atoms with E-state index in [4.69, 9.17) is 5.73 Å². The van der Waals surface area contributed by atoms with Gasteiger partial charge in [0, 0.05) is 5.56 Å². The van der Waals surface area contributed by atoms with Crippen molar-refractivity contribution < 1.29 is 5.11 Å². The third-order valence-corrected chi connectivity index (χ3v) is 4.26. The first-order chi connectivity index (χ1) is 9.60. The summed E-state index contributed by atoms with van der Waals surface area (Å²) in [7, 11) is 0. The predicted molar refractivity (Wildman–Crippen MR) is 81.5 cm³/mol. The van der Waals surface area contributed by atoms with E-state index in [0.717, 1.165) is 43.5 Å². The Morgan fingerprint density at radius 3 is 2.95 bits per heavy atom. The predicted octanol–water partition coefficient (Wildman–Crippen LogP) is 2.36. The third-order valence-electron chi connectivity index (χ3n) is 4.26. The summed E-state index contributed by atoms with van der Waals surface area (Å²) in [5.74, 6) is 1.96. The first-order valence-electron chi connectivity index (χ1n) is 7.58. The Morgan fingerprint density at radius 1 is 1.50 bits per heavy atom. The van der Waals surface area contributed by atoms with Crippen molar-refractivity contribution in [1.82, 2.24) is 9.97 Å². The van der Waals surface area contributed by atoms with Crippen LogP contribution in [0, 0.1) is 5.92 Å². The molecule has 1 aliphatic rings. The summed E-state index contributed by atoms with van der Waals surface area (Å²) >= 11 is 0. The number of hydrogen-bond donors (Lipinski definition) is 3. The number of hydrogen-bond acceptors (Lipinski definition) is 5. The maximum absolute atomic E-state index is 9.87. The van der Waals surface area contributed by atoms with Crippen LogP contribution >= 0.6 is 0 Å². The molecule has 0 bridgehead atoms. The molecule has 0 spiro atoms. The fourth-order valence-corrected chi connectivity index (χ4v) is 3.24. The van der Waals surface area contributed by atoms with Crippen molar-refractivity contribution in [1.29, 1.82) is 0 Å². The van der Waals surface area contributed by atoms with Crippen molar-refractivity contribution in [2.75, 3.05) is 17.7 Å². The largest absolute Gasteiger partial charge is 0.394 e. The highest BCUT2D eigenvalue weighted by Crippen LogP contribution is 2.35. The average Bonchev–Trinajstić information content (AvgIpc) is 2.43. The van der Waals surface area contributed by atoms with Gasteiger partial charge in [-0.05, 0) is 25.2 Å². The minimum absolute atomic E-state index is 0.132. The topological polar surface area (TPSA) is 84.1 Å². The molecule has 1 aromatic heterocycles. The van der Waals surface area contributed by atoms with Gasteiger partial charge in [0.2, 0.25) is 0 Å². The molecule has 112 valence electrons. The molecule has 0 radical (unpaired) electrons. The van der Waals surface area contributed by atoms with Crippen LogP contribution in [0.4, 0.5) is 11.6 Å². The van der Waals surface area contributed by atoms with Crippen molar-refractivity contribution in [2.45, 2.75) is 57.9 Å². The monoisotopic (exact) mass is 278 g/mol. The Balaban J connectivity index is 2.25. The van der Waals surface area contributed by atoms with Crippen LogP contribution in [0.1, 0.15) is 51.5 Å². The molecule has 1 heterocycles. The molecule has 5 nitrogen and oxygen atoms in total. The highest BCUT2D eigenvalue weighted by atomic mass is 16.3. The summed E-state index contributed by atoms with van der Waals surface area (Å²) in [6, 6.07) is 0. The van der Waals surface area contributed by atoms with Crippen molar-refractivity contribution in [3.63, 3.8) is 0 Å². The van der Waals surface area contributed by atoms with E-state index >= 15 is 0 Å². The van der Waals surface area contributed by atoms with Crippen molar-refractivity contribution in [3.8, 4) is 0 Å². The fraction of sp³-hybridized carbons (Fsp3) is 0.733. The van der Waals surface area contributed by atoms with E-state index < -0.39 is 0 Å². The summed E-state index contributed by atoms with van der Waals surface area (Å²) < 4.78 is 0. The van der Waals surface area contributed by atoms with Crippen LogP contribution in [0.15, 0.2) is 6.33 Å². The smallest absolute Gasteiger partial charge is 0.135 e. The van der Waals surface area contributed by atoms with Gasteiger partial charge >= 0.3 is 0 Å². The lowest BCUT2D eigenvalue weighted by molar-refractivity contribution is 0.149. The van der Waals surface area contributed by atoms with E-state index in [1.807, 2.05) is 0 Å². The van der Waals surface area contributed by atoms with Crippen LogP contribution in [0.3, 0.4) is 0 Å². The molecule has 2 unspecified atom stereocenters. The molecule has 0 amide bonds. The Hall–Kier alpha value is -1.36. The highest BCUT2D eigenvalue weighted by Gasteiger charge is 2.35. The molecule has 5 heteroatoms. The van der Waals surface area contributed by atoms with E-state index in [1.54, 1.807) is 0 Å². The van der Waals surface area contributed by atoms with Crippen molar-refractivity contribution >= 4 is 11.6 Å². The summed E-state index contributed by atoms with van der Waals surface area (Å²) in [5, 5.41) is 13.4. The number of rotatable bonds is 5. The zero-order chi connectivity index (χ0) is 14.6. The van der Waals surface area contributed by atoms with Gasteiger partial charge in [0.15, 0.2) is 0 Å². The molecule has 0 saturated heterocycles. The minimum atomic E-state index is -0.263. The Morgan fingerprint density at radius 2 is 2.30 bits per heavy atom. The van der Waals surface area contributed by atoms with Crippen LogP contribution in [0.5, 0.6) is 0 Å². The summed E-state index contributed by atoms with van der Waals surface area (Å²) in [6.07, 6.45) is 7.66. The number of aliphatic hydroxyl groups excluding tert-OH is 1. The standard InChI is InChI=1S/C15H26N4O/c1-3-5-12-13(16)17-10-18-14(12)19-15(9-20)7-4-6-11(2)8-15/h10-11,20H,3-9H2,1-2H3,(H3,16,17,18,19). The van der Waals surface area contributed by atoms with Crippen molar-refractivity contribution in [2.24, 2.45) is 5.92 Å². The van der Waals surface area contributed by atoms with E-state index in [0.29, 0.717) is 11.7 Å². The quantitative estimate of drug-likeness (QED) is 0.770. The summed E-state index contributed by atoms with van der Waals surface area (Å²) in [4.78, 5) is 8.44. The molecule has 1 saturated carbocycles. The molecule has 1 fully saturated rings. The number of nitrogen functional groups attached to an aromatic ring is 1. The van der Waals surface area contributed by atoms with Gasteiger partial charge in [-0.25, -0.2) is 9.97 Å².